The fourth-order valence-corrected chi connectivity index (χ4v) is 2.78. The summed E-state index contributed by atoms with van der Waals surface area (Å²) in [5.41, 5.74) is 0.654. The first-order valence-electron chi connectivity index (χ1n) is 6.19. The second-order valence-electron chi connectivity index (χ2n) is 4.61. The normalized spacial score (nSPS) is 13.5. The maximum Gasteiger partial charge on any atom is 0.445 e. The molecule has 2 aromatic heterocycles. The number of hydrogen-bond donors (Lipinski definition) is 1. The van der Waals surface area contributed by atoms with Crippen LogP contribution in [0.3, 0.4) is 0 Å². The van der Waals surface area contributed by atoms with Crippen molar-refractivity contribution in [1.82, 2.24) is 10.2 Å². The maximum absolute atomic E-state index is 12.5. The second-order valence-corrected chi connectivity index (χ2v) is 6.02. The number of nitrogens with one attached hydrogen (secondary N) is 1. The molecule has 1 atom stereocenters. The van der Waals surface area contributed by atoms with E-state index in [1.807, 2.05) is 0 Å². The fraction of sp³-hybridized carbons (Fsp3) is 0.231. The van der Waals surface area contributed by atoms with E-state index in [-0.39, 0.29) is 11.2 Å². The molecule has 116 valence electrons. The van der Waals surface area contributed by atoms with Gasteiger partial charge in [-0.05, 0) is 31.2 Å². The Hall–Kier alpha value is -1.80. The van der Waals surface area contributed by atoms with Crippen molar-refractivity contribution in [3.63, 3.8) is 0 Å². The molecule has 0 saturated heterocycles. The van der Waals surface area contributed by atoms with Crippen LogP contribution in [0.4, 0.5) is 18.3 Å². The number of halogens is 4. The number of hydrogen-bond acceptors (Lipinski definition) is 5. The molecule has 0 bridgehead atoms. The Morgan fingerprint density at radius 1 is 1.27 bits per heavy atom. The summed E-state index contributed by atoms with van der Waals surface area (Å²) in [4.78, 5) is 0. The lowest BCUT2D eigenvalue weighted by molar-refractivity contribution is -0.138. The summed E-state index contributed by atoms with van der Waals surface area (Å²) in [7, 11) is 0. The molecule has 3 aromatic rings. The van der Waals surface area contributed by atoms with Crippen LogP contribution in [0.1, 0.15) is 23.7 Å². The molecule has 0 aliphatic carbocycles. The molecule has 0 aliphatic rings. The zero-order valence-corrected chi connectivity index (χ0v) is 12.7. The van der Waals surface area contributed by atoms with Crippen LogP contribution in [0, 0.1) is 0 Å². The van der Waals surface area contributed by atoms with Gasteiger partial charge in [-0.15, -0.1) is 10.2 Å². The number of aromatic nitrogens is 2. The van der Waals surface area contributed by atoms with Crippen LogP contribution in [0.15, 0.2) is 28.7 Å². The van der Waals surface area contributed by atoms with Gasteiger partial charge < -0.3 is 9.73 Å². The Morgan fingerprint density at radius 2 is 2.05 bits per heavy atom. The lowest BCUT2D eigenvalue weighted by Gasteiger charge is -2.08. The highest BCUT2D eigenvalue weighted by Gasteiger charge is 2.35. The average molecular weight is 348 g/mol. The van der Waals surface area contributed by atoms with Crippen molar-refractivity contribution in [3.8, 4) is 0 Å². The number of furan rings is 1. The third kappa shape index (κ3) is 3.02. The molecule has 4 nitrogen and oxygen atoms in total. The van der Waals surface area contributed by atoms with E-state index in [9.17, 15) is 13.2 Å². The van der Waals surface area contributed by atoms with Crippen molar-refractivity contribution in [1.29, 1.82) is 0 Å². The highest BCUT2D eigenvalue weighted by Crippen LogP contribution is 2.34. The molecule has 0 amide bonds. The molecular weight excluding hydrogens is 339 g/mol. The number of rotatable bonds is 3. The summed E-state index contributed by atoms with van der Waals surface area (Å²) < 4.78 is 43.1. The van der Waals surface area contributed by atoms with Gasteiger partial charge in [0.05, 0.1) is 6.04 Å². The minimum absolute atomic E-state index is 0.0818. The number of fused-ring (bicyclic) bond motifs is 1. The fourth-order valence-electron chi connectivity index (χ4n) is 1.90. The highest BCUT2D eigenvalue weighted by molar-refractivity contribution is 7.15. The van der Waals surface area contributed by atoms with E-state index in [1.54, 1.807) is 31.2 Å². The van der Waals surface area contributed by atoms with Crippen LogP contribution >= 0.6 is 22.9 Å². The predicted octanol–water partition coefficient (Wildman–Crippen LogP) is 5.13. The summed E-state index contributed by atoms with van der Waals surface area (Å²) in [6, 6.07) is 6.62. The molecule has 22 heavy (non-hydrogen) atoms. The molecule has 0 spiro atoms. The van der Waals surface area contributed by atoms with Crippen molar-refractivity contribution in [2.24, 2.45) is 0 Å². The predicted molar refractivity (Wildman–Crippen MR) is 78.2 cm³/mol. The first-order valence-corrected chi connectivity index (χ1v) is 7.38. The molecule has 1 unspecified atom stereocenters. The number of alkyl halides is 3. The average Bonchev–Trinajstić information content (AvgIpc) is 3.03. The SMILES string of the molecule is CC(Nc1nnc(C(F)(F)F)s1)c1cc2cc(Cl)ccc2o1. The van der Waals surface area contributed by atoms with Gasteiger partial charge >= 0.3 is 6.18 Å². The van der Waals surface area contributed by atoms with Gasteiger partial charge in [0.25, 0.3) is 0 Å². The van der Waals surface area contributed by atoms with E-state index in [0.29, 0.717) is 27.7 Å². The molecule has 0 radical (unpaired) electrons. The Morgan fingerprint density at radius 3 is 2.73 bits per heavy atom. The summed E-state index contributed by atoms with van der Waals surface area (Å²) in [6.07, 6.45) is -4.49. The quantitative estimate of drug-likeness (QED) is 0.713. The summed E-state index contributed by atoms with van der Waals surface area (Å²) in [6.45, 7) is 1.76. The van der Waals surface area contributed by atoms with Gasteiger partial charge in [-0.25, -0.2) is 0 Å². The molecule has 1 aromatic carbocycles. The van der Waals surface area contributed by atoms with E-state index in [4.69, 9.17) is 16.0 Å². The minimum Gasteiger partial charge on any atom is -0.459 e. The van der Waals surface area contributed by atoms with Crippen molar-refractivity contribution < 1.29 is 17.6 Å². The van der Waals surface area contributed by atoms with E-state index in [0.717, 1.165) is 5.39 Å². The molecular formula is C13H9ClF3N3OS. The molecule has 0 saturated carbocycles. The van der Waals surface area contributed by atoms with Gasteiger partial charge in [0.15, 0.2) is 0 Å². The Bertz CT molecular complexity index is 814. The van der Waals surface area contributed by atoms with Crippen LogP contribution in [-0.2, 0) is 6.18 Å². The summed E-state index contributed by atoms with van der Waals surface area (Å²) in [5.74, 6) is 0.570. The lowest BCUT2D eigenvalue weighted by Crippen LogP contribution is -2.04. The smallest absolute Gasteiger partial charge is 0.445 e. The van der Waals surface area contributed by atoms with Crippen LogP contribution in [0.25, 0.3) is 11.0 Å². The first kappa shape index (κ1) is 15.1. The van der Waals surface area contributed by atoms with Crippen molar-refractivity contribution >= 4 is 39.0 Å². The van der Waals surface area contributed by atoms with E-state index >= 15 is 0 Å². The Labute approximate surface area is 131 Å². The topological polar surface area (TPSA) is 51.0 Å². The van der Waals surface area contributed by atoms with Gasteiger partial charge in [-0.1, -0.05) is 22.9 Å². The summed E-state index contributed by atoms with van der Waals surface area (Å²) in [5, 5.41) is 9.96. The largest absolute Gasteiger partial charge is 0.459 e. The molecule has 2 heterocycles. The van der Waals surface area contributed by atoms with Crippen molar-refractivity contribution in [2.75, 3.05) is 5.32 Å². The Kier molecular flexibility index (Phi) is 3.73. The van der Waals surface area contributed by atoms with Gasteiger partial charge in [0.1, 0.15) is 11.3 Å². The third-order valence-corrected chi connectivity index (χ3v) is 4.07. The Balaban J connectivity index is 1.80. The lowest BCUT2D eigenvalue weighted by atomic mass is 10.2. The first-order chi connectivity index (χ1) is 10.3. The molecule has 1 N–H and O–H groups in total. The van der Waals surface area contributed by atoms with Crippen LogP contribution < -0.4 is 5.32 Å². The number of nitrogens with zero attached hydrogens (tertiary/aromatic N) is 2. The van der Waals surface area contributed by atoms with E-state index in [1.165, 1.54) is 0 Å². The minimum atomic E-state index is -4.49. The van der Waals surface area contributed by atoms with Crippen LogP contribution in [0.2, 0.25) is 5.02 Å². The molecule has 0 aliphatic heterocycles. The highest BCUT2D eigenvalue weighted by atomic mass is 35.5. The molecule has 9 heteroatoms. The second kappa shape index (κ2) is 5.44. The molecule has 0 fully saturated rings. The standard InChI is InChI=1S/C13H9ClF3N3OS/c1-6(18-12-20-19-11(22-12)13(15,16)17)10-5-7-4-8(14)2-3-9(7)21-10/h2-6H,1H3,(H,18,20). The number of anilines is 1. The van der Waals surface area contributed by atoms with Crippen LogP contribution in [0.5, 0.6) is 0 Å². The van der Waals surface area contributed by atoms with Gasteiger partial charge in [0.2, 0.25) is 10.1 Å². The summed E-state index contributed by atoms with van der Waals surface area (Å²) >= 11 is 6.35. The molecule has 3 rings (SSSR count). The van der Waals surface area contributed by atoms with E-state index < -0.39 is 11.2 Å². The van der Waals surface area contributed by atoms with Crippen molar-refractivity contribution in [3.05, 3.63) is 40.1 Å². The zero-order valence-electron chi connectivity index (χ0n) is 11.1. The van der Waals surface area contributed by atoms with Crippen LogP contribution in [-0.4, -0.2) is 10.2 Å². The monoisotopic (exact) mass is 347 g/mol. The van der Waals surface area contributed by atoms with Gasteiger partial charge in [0, 0.05) is 10.4 Å². The maximum atomic E-state index is 12.5. The third-order valence-electron chi connectivity index (χ3n) is 2.93. The zero-order chi connectivity index (χ0) is 15.9. The number of benzene rings is 1. The van der Waals surface area contributed by atoms with Crippen molar-refractivity contribution in [2.45, 2.75) is 19.1 Å². The van der Waals surface area contributed by atoms with Gasteiger partial charge in [-0.2, -0.15) is 13.2 Å². The van der Waals surface area contributed by atoms with Gasteiger partial charge in [-0.3, -0.25) is 0 Å². The van der Waals surface area contributed by atoms with E-state index in [2.05, 4.69) is 15.5 Å².